The predicted octanol–water partition coefficient (Wildman–Crippen LogP) is 1.78. The lowest BCUT2D eigenvalue weighted by Crippen LogP contribution is -2.39. The van der Waals surface area contributed by atoms with Crippen molar-refractivity contribution in [3.8, 4) is 11.5 Å². The smallest absolute Gasteiger partial charge is 0.257 e. The lowest BCUT2D eigenvalue weighted by Gasteiger charge is -2.28. The lowest BCUT2D eigenvalue weighted by atomic mass is 9.99. The van der Waals surface area contributed by atoms with Crippen molar-refractivity contribution in [1.29, 1.82) is 0 Å². The zero-order valence-electron chi connectivity index (χ0n) is 13.0. The Morgan fingerprint density at radius 1 is 1.38 bits per heavy atom. The third-order valence-corrected chi connectivity index (χ3v) is 3.91. The van der Waals surface area contributed by atoms with Gasteiger partial charge < -0.3 is 19.7 Å². The monoisotopic (exact) mass is 292 g/mol. The topological polar surface area (TPSA) is 50.8 Å². The van der Waals surface area contributed by atoms with Gasteiger partial charge in [-0.15, -0.1) is 0 Å². The molecule has 0 radical (unpaired) electrons. The molecule has 1 aromatic carbocycles. The van der Waals surface area contributed by atoms with Gasteiger partial charge in [-0.25, -0.2) is 0 Å². The standard InChI is InChI=1S/C16H24N2O3/c1-18(11-12-5-4-8-17-10-12)16(19)14-9-13(20-2)6-7-15(14)21-3/h6-7,9,12,17H,4-5,8,10-11H2,1-3H3. The van der Waals surface area contributed by atoms with E-state index in [9.17, 15) is 4.79 Å². The van der Waals surface area contributed by atoms with E-state index in [1.54, 1.807) is 37.3 Å². The minimum Gasteiger partial charge on any atom is -0.497 e. The molecule has 0 saturated carbocycles. The number of ether oxygens (including phenoxy) is 2. The van der Waals surface area contributed by atoms with Crippen molar-refractivity contribution in [3.05, 3.63) is 23.8 Å². The Hall–Kier alpha value is -1.75. The molecule has 1 amide bonds. The molecule has 0 aromatic heterocycles. The van der Waals surface area contributed by atoms with Crippen molar-refractivity contribution in [2.45, 2.75) is 12.8 Å². The number of piperidine rings is 1. The number of amides is 1. The summed E-state index contributed by atoms with van der Waals surface area (Å²) in [6.07, 6.45) is 2.34. The summed E-state index contributed by atoms with van der Waals surface area (Å²) in [6.45, 7) is 2.82. The number of methoxy groups -OCH3 is 2. The molecule has 1 aliphatic rings. The zero-order chi connectivity index (χ0) is 15.2. The SMILES string of the molecule is COc1ccc(OC)c(C(=O)N(C)CC2CCCNC2)c1. The van der Waals surface area contributed by atoms with Gasteiger partial charge in [0.1, 0.15) is 11.5 Å². The Morgan fingerprint density at radius 3 is 2.81 bits per heavy atom. The minimum absolute atomic E-state index is 0.0312. The number of carbonyl (C=O) groups is 1. The van der Waals surface area contributed by atoms with Gasteiger partial charge in [-0.2, -0.15) is 0 Å². The van der Waals surface area contributed by atoms with Crippen LogP contribution >= 0.6 is 0 Å². The van der Waals surface area contributed by atoms with Gasteiger partial charge in [0.05, 0.1) is 19.8 Å². The first-order chi connectivity index (χ1) is 10.2. The minimum atomic E-state index is -0.0312. The number of benzene rings is 1. The van der Waals surface area contributed by atoms with Crippen LogP contribution in [0.25, 0.3) is 0 Å². The summed E-state index contributed by atoms with van der Waals surface area (Å²) < 4.78 is 10.5. The van der Waals surface area contributed by atoms with E-state index in [1.807, 2.05) is 7.05 Å². The number of carbonyl (C=O) groups excluding carboxylic acids is 1. The molecule has 0 aliphatic carbocycles. The van der Waals surface area contributed by atoms with Gasteiger partial charge in [-0.3, -0.25) is 4.79 Å². The van der Waals surface area contributed by atoms with Crippen molar-refractivity contribution in [2.75, 3.05) is 40.9 Å². The van der Waals surface area contributed by atoms with Crippen LogP contribution in [0.2, 0.25) is 0 Å². The largest absolute Gasteiger partial charge is 0.497 e. The fraction of sp³-hybridized carbons (Fsp3) is 0.562. The van der Waals surface area contributed by atoms with Crippen LogP contribution in [-0.2, 0) is 0 Å². The first-order valence-electron chi connectivity index (χ1n) is 7.34. The Kier molecular flexibility index (Phi) is 5.44. The Balaban J connectivity index is 2.10. The number of hydrogen-bond donors (Lipinski definition) is 1. The number of nitrogens with zero attached hydrogens (tertiary/aromatic N) is 1. The molecule has 1 saturated heterocycles. The van der Waals surface area contributed by atoms with Crippen molar-refractivity contribution < 1.29 is 14.3 Å². The molecule has 1 unspecified atom stereocenters. The summed E-state index contributed by atoms with van der Waals surface area (Å²) in [5.41, 5.74) is 0.545. The summed E-state index contributed by atoms with van der Waals surface area (Å²) in [5.74, 6) is 1.72. The van der Waals surface area contributed by atoms with Crippen molar-refractivity contribution in [2.24, 2.45) is 5.92 Å². The van der Waals surface area contributed by atoms with Crippen LogP contribution in [0.15, 0.2) is 18.2 Å². The maximum atomic E-state index is 12.6. The van der Waals surface area contributed by atoms with Gasteiger partial charge in [-0.1, -0.05) is 0 Å². The second-order valence-electron chi connectivity index (χ2n) is 5.46. The number of rotatable bonds is 5. The molecule has 0 bridgehead atoms. The van der Waals surface area contributed by atoms with Crippen LogP contribution in [0.5, 0.6) is 11.5 Å². The van der Waals surface area contributed by atoms with Gasteiger partial charge in [0, 0.05) is 13.6 Å². The maximum absolute atomic E-state index is 12.6. The molecule has 1 fully saturated rings. The summed E-state index contributed by atoms with van der Waals surface area (Å²) >= 11 is 0. The molecular formula is C16H24N2O3. The van der Waals surface area contributed by atoms with E-state index in [0.29, 0.717) is 23.0 Å². The Morgan fingerprint density at radius 2 is 2.19 bits per heavy atom. The van der Waals surface area contributed by atoms with Gasteiger partial charge in [0.2, 0.25) is 0 Å². The fourth-order valence-electron chi connectivity index (χ4n) is 2.74. The van der Waals surface area contributed by atoms with E-state index >= 15 is 0 Å². The molecule has 21 heavy (non-hydrogen) atoms. The molecule has 5 nitrogen and oxygen atoms in total. The van der Waals surface area contributed by atoms with E-state index in [1.165, 1.54) is 12.8 Å². The van der Waals surface area contributed by atoms with Crippen LogP contribution < -0.4 is 14.8 Å². The van der Waals surface area contributed by atoms with Crippen LogP contribution in [0.4, 0.5) is 0 Å². The number of nitrogens with one attached hydrogen (secondary N) is 1. The van der Waals surface area contributed by atoms with Crippen LogP contribution in [0, 0.1) is 5.92 Å². The highest BCUT2D eigenvalue weighted by atomic mass is 16.5. The molecule has 1 N–H and O–H groups in total. The molecule has 1 atom stereocenters. The zero-order valence-corrected chi connectivity index (χ0v) is 13.0. The highest BCUT2D eigenvalue weighted by Gasteiger charge is 2.21. The van der Waals surface area contributed by atoms with Crippen LogP contribution in [0.3, 0.4) is 0 Å². The second kappa shape index (κ2) is 7.31. The quantitative estimate of drug-likeness (QED) is 0.899. The van der Waals surface area contributed by atoms with Crippen LogP contribution in [-0.4, -0.2) is 51.7 Å². The van der Waals surface area contributed by atoms with E-state index < -0.39 is 0 Å². The summed E-state index contributed by atoms with van der Waals surface area (Å²) in [4.78, 5) is 14.4. The van der Waals surface area contributed by atoms with Crippen molar-refractivity contribution >= 4 is 5.91 Å². The molecule has 1 aliphatic heterocycles. The average molecular weight is 292 g/mol. The van der Waals surface area contributed by atoms with Crippen LogP contribution in [0.1, 0.15) is 23.2 Å². The van der Waals surface area contributed by atoms with E-state index in [2.05, 4.69) is 5.32 Å². The van der Waals surface area contributed by atoms with E-state index in [-0.39, 0.29) is 5.91 Å². The van der Waals surface area contributed by atoms with Gasteiger partial charge >= 0.3 is 0 Å². The molecule has 2 rings (SSSR count). The average Bonchev–Trinajstić information content (AvgIpc) is 2.54. The molecule has 1 heterocycles. The second-order valence-corrected chi connectivity index (χ2v) is 5.46. The lowest BCUT2D eigenvalue weighted by molar-refractivity contribution is 0.0761. The highest BCUT2D eigenvalue weighted by Crippen LogP contribution is 2.25. The maximum Gasteiger partial charge on any atom is 0.257 e. The van der Waals surface area contributed by atoms with E-state index in [0.717, 1.165) is 19.6 Å². The normalized spacial score (nSPS) is 18.1. The van der Waals surface area contributed by atoms with Crippen molar-refractivity contribution in [3.63, 3.8) is 0 Å². The predicted molar refractivity (Wildman–Crippen MR) is 82.1 cm³/mol. The third kappa shape index (κ3) is 3.88. The molecule has 1 aromatic rings. The third-order valence-electron chi connectivity index (χ3n) is 3.91. The highest BCUT2D eigenvalue weighted by molar-refractivity contribution is 5.97. The Labute approximate surface area is 126 Å². The summed E-state index contributed by atoms with van der Waals surface area (Å²) in [6, 6.07) is 5.29. The summed E-state index contributed by atoms with van der Waals surface area (Å²) in [5, 5.41) is 3.38. The first-order valence-corrected chi connectivity index (χ1v) is 7.34. The fourth-order valence-corrected chi connectivity index (χ4v) is 2.74. The van der Waals surface area contributed by atoms with Gasteiger partial charge in [-0.05, 0) is 50.0 Å². The van der Waals surface area contributed by atoms with Crippen molar-refractivity contribution in [1.82, 2.24) is 10.2 Å². The van der Waals surface area contributed by atoms with Gasteiger partial charge in [0.25, 0.3) is 5.91 Å². The molecule has 0 spiro atoms. The van der Waals surface area contributed by atoms with E-state index in [4.69, 9.17) is 9.47 Å². The first kappa shape index (κ1) is 15.6. The van der Waals surface area contributed by atoms with Gasteiger partial charge in [0.15, 0.2) is 0 Å². The number of hydrogen-bond acceptors (Lipinski definition) is 4. The molecular weight excluding hydrogens is 268 g/mol. The molecule has 116 valence electrons. The molecule has 5 heteroatoms. The summed E-state index contributed by atoms with van der Waals surface area (Å²) in [7, 11) is 5.01. The Bertz CT molecular complexity index is 484.